The zero-order valence-corrected chi connectivity index (χ0v) is 22.0. The van der Waals surface area contributed by atoms with E-state index < -0.39 is 7.14 Å². The molecule has 4 aromatic rings. The number of benzene rings is 2. The average molecular weight is 508 g/mol. The van der Waals surface area contributed by atoms with E-state index in [0.717, 1.165) is 65.4 Å². The standard InChI is InChI=1S/C27H31FN5O2P/c1-17-16-19(28)7-9-21(17)30-27-31-23-10-8-20-18(2)22(29-26(34)24(20)25(23)32(27)3)6-5-11-33-12-14-36(4,35)15-13-33/h5-10,16H,11-15H2,1-4H3,(H,29,34)(H,30,31)/b6-5+. The van der Waals surface area contributed by atoms with Gasteiger partial charge in [0.25, 0.3) is 5.56 Å². The average Bonchev–Trinajstić information content (AvgIpc) is 3.15. The summed E-state index contributed by atoms with van der Waals surface area (Å²) in [5.74, 6) is 0.287. The predicted molar refractivity (Wildman–Crippen MR) is 147 cm³/mol. The molecule has 0 spiro atoms. The van der Waals surface area contributed by atoms with E-state index in [4.69, 9.17) is 4.98 Å². The van der Waals surface area contributed by atoms with Crippen molar-refractivity contribution in [2.75, 3.05) is 43.9 Å². The second-order valence-corrected chi connectivity index (χ2v) is 13.4. The minimum Gasteiger partial charge on any atom is -0.325 e. The van der Waals surface area contributed by atoms with Gasteiger partial charge in [-0.05, 0) is 67.4 Å². The lowest BCUT2D eigenvalue weighted by molar-refractivity contribution is 0.327. The molecule has 0 unspecified atom stereocenters. The number of fused-ring (bicyclic) bond motifs is 3. The Labute approximate surface area is 209 Å². The van der Waals surface area contributed by atoms with Crippen molar-refractivity contribution in [3.63, 3.8) is 0 Å². The van der Waals surface area contributed by atoms with E-state index in [1.165, 1.54) is 12.1 Å². The zero-order chi connectivity index (χ0) is 25.6. The summed E-state index contributed by atoms with van der Waals surface area (Å²) in [5.41, 5.74) is 4.58. The highest BCUT2D eigenvalue weighted by Gasteiger charge is 2.23. The Balaban J connectivity index is 1.47. The number of hydrogen-bond acceptors (Lipinski definition) is 5. The van der Waals surface area contributed by atoms with Gasteiger partial charge in [-0.2, -0.15) is 0 Å². The molecule has 1 aliphatic heterocycles. The topological polar surface area (TPSA) is 83.0 Å². The monoisotopic (exact) mass is 507 g/mol. The van der Waals surface area contributed by atoms with Crippen LogP contribution in [0, 0.1) is 19.7 Å². The SMILES string of the molecule is Cc1cc(F)ccc1Nc1nc2ccc3c(C)c(/C=C/CN4CCP(C)(=O)CC4)[nH]c(=O)c3c2n1C. The lowest BCUT2D eigenvalue weighted by Gasteiger charge is -2.29. The van der Waals surface area contributed by atoms with E-state index in [9.17, 15) is 13.8 Å². The normalized spacial score (nSPS) is 16.4. The molecule has 2 N–H and O–H groups in total. The van der Waals surface area contributed by atoms with Crippen LogP contribution in [-0.4, -0.2) is 58.1 Å². The van der Waals surface area contributed by atoms with Crippen LogP contribution in [0.25, 0.3) is 27.9 Å². The Bertz CT molecular complexity index is 1610. The van der Waals surface area contributed by atoms with Gasteiger partial charge >= 0.3 is 0 Å². The molecule has 188 valence electrons. The third-order valence-electron chi connectivity index (χ3n) is 7.18. The summed E-state index contributed by atoms with van der Waals surface area (Å²) >= 11 is 0. The number of H-pyrrole nitrogens is 1. The number of hydrogen-bond donors (Lipinski definition) is 2. The molecule has 7 nitrogen and oxygen atoms in total. The number of nitrogens with zero attached hydrogens (tertiary/aromatic N) is 3. The lowest BCUT2D eigenvalue weighted by atomic mass is 10.0. The van der Waals surface area contributed by atoms with Gasteiger partial charge in [0.15, 0.2) is 0 Å². The number of rotatable bonds is 5. The minimum absolute atomic E-state index is 0.168. The summed E-state index contributed by atoms with van der Waals surface area (Å²) in [5, 5.41) is 4.74. The molecule has 0 radical (unpaired) electrons. The van der Waals surface area contributed by atoms with E-state index >= 15 is 0 Å². The van der Waals surface area contributed by atoms with Crippen molar-refractivity contribution in [3.8, 4) is 0 Å². The molecule has 9 heteroatoms. The Morgan fingerprint density at radius 1 is 1.19 bits per heavy atom. The van der Waals surface area contributed by atoms with Gasteiger partial charge in [0.1, 0.15) is 5.82 Å². The summed E-state index contributed by atoms with van der Waals surface area (Å²) in [6.45, 7) is 8.19. The Hall–Kier alpha value is -3.22. The van der Waals surface area contributed by atoms with Crippen LogP contribution in [0.3, 0.4) is 0 Å². The molecule has 36 heavy (non-hydrogen) atoms. The van der Waals surface area contributed by atoms with Gasteiger partial charge in [-0.3, -0.25) is 9.69 Å². The molecule has 1 aliphatic rings. The van der Waals surface area contributed by atoms with E-state index in [1.54, 1.807) is 6.07 Å². The highest BCUT2D eigenvalue weighted by Crippen LogP contribution is 2.42. The number of aromatic amines is 1. The fourth-order valence-corrected chi connectivity index (χ4v) is 6.50. The fourth-order valence-electron chi connectivity index (χ4n) is 4.87. The van der Waals surface area contributed by atoms with Crippen molar-refractivity contribution in [1.82, 2.24) is 19.4 Å². The summed E-state index contributed by atoms with van der Waals surface area (Å²) < 4.78 is 27.6. The molecular formula is C27H31FN5O2P. The quantitative estimate of drug-likeness (QED) is 0.361. The number of aromatic nitrogens is 3. The first-order chi connectivity index (χ1) is 17.1. The van der Waals surface area contributed by atoms with Crippen molar-refractivity contribution in [2.24, 2.45) is 7.05 Å². The minimum atomic E-state index is -1.94. The smallest absolute Gasteiger partial charge is 0.258 e. The number of nitrogens with one attached hydrogen (secondary N) is 2. The first-order valence-corrected chi connectivity index (χ1v) is 14.6. The van der Waals surface area contributed by atoms with Gasteiger partial charge in [0.2, 0.25) is 5.95 Å². The van der Waals surface area contributed by atoms with Crippen molar-refractivity contribution in [1.29, 1.82) is 0 Å². The maximum atomic E-state index is 13.5. The molecule has 1 fully saturated rings. The number of imidazole rings is 1. The Kier molecular flexibility index (Phi) is 6.35. The second kappa shape index (κ2) is 9.34. The van der Waals surface area contributed by atoms with E-state index in [1.807, 2.05) is 50.3 Å². The van der Waals surface area contributed by atoms with E-state index in [-0.39, 0.29) is 11.4 Å². The maximum absolute atomic E-state index is 13.5. The van der Waals surface area contributed by atoms with Crippen molar-refractivity contribution in [3.05, 3.63) is 69.4 Å². The molecule has 3 heterocycles. The molecular weight excluding hydrogens is 476 g/mol. The van der Waals surface area contributed by atoms with E-state index in [0.29, 0.717) is 16.9 Å². The van der Waals surface area contributed by atoms with Gasteiger partial charge in [-0.15, -0.1) is 0 Å². The van der Waals surface area contributed by atoms with Crippen LogP contribution in [0.4, 0.5) is 16.0 Å². The summed E-state index contributed by atoms with van der Waals surface area (Å²) in [6.07, 6.45) is 5.57. The fraction of sp³-hybridized carbons (Fsp3) is 0.333. The van der Waals surface area contributed by atoms with E-state index in [2.05, 4.69) is 21.3 Å². The summed E-state index contributed by atoms with van der Waals surface area (Å²) in [4.78, 5) is 23.3. The Morgan fingerprint density at radius 3 is 2.67 bits per heavy atom. The second-order valence-electron chi connectivity index (χ2n) is 9.87. The Morgan fingerprint density at radius 2 is 1.94 bits per heavy atom. The maximum Gasteiger partial charge on any atom is 0.258 e. The molecule has 0 amide bonds. The van der Waals surface area contributed by atoms with Gasteiger partial charge in [0.05, 0.1) is 23.6 Å². The number of halogens is 1. The molecule has 0 atom stereocenters. The van der Waals surface area contributed by atoms with Gasteiger partial charge in [-0.25, -0.2) is 9.37 Å². The molecule has 5 rings (SSSR count). The molecule has 0 aliphatic carbocycles. The third-order valence-corrected chi connectivity index (χ3v) is 9.47. The lowest BCUT2D eigenvalue weighted by Crippen LogP contribution is -2.34. The van der Waals surface area contributed by atoms with Crippen molar-refractivity contribution in [2.45, 2.75) is 13.8 Å². The van der Waals surface area contributed by atoms with Crippen LogP contribution in [-0.2, 0) is 11.6 Å². The van der Waals surface area contributed by atoms with Crippen LogP contribution >= 0.6 is 7.14 Å². The van der Waals surface area contributed by atoms with Crippen molar-refractivity contribution < 1.29 is 8.96 Å². The highest BCUT2D eigenvalue weighted by atomic mass is 31.2. The largest absolute Gasteiger partial charge is 0.325 e. The number of aryl methyl sites for hydroxylation is 3. The van der Waals surface area contributed by atoms with Crippen LogP contribution < -0.4 is 10.9 Å². The number of pyridine rings is 1. The molecule has 0 saturated carbocycles. The highest BCUT2D eigenvalue weighted by molar-refractivity contribution is 7.63. The first kappa shape index (κ1) is 24.5. The predicted octanol–water partition coefficient (Wildman–Crippen LogP) is 5.24. The number of anilines is 2. The van der Waals surface area contributed by atoms with Crippen molar-refractivity contribution >= 4 is 46.7 Å². The summed E-state index contributed by atoms with van der Waals surface area (Å²) in [7, 11) is -0.0757. The first-order valence-electron chi connectivity index (χ1n) is 12.1. The molecule has 2 aromatic heterocycles. The zero-order valence-electron chi connectivity index (χ0n) is 21.1. The summed E-state index contributed by atoms with van der Waals surface area (Å²) in [6, 6.07) is 8.43. The van der Waals surface area contributed by atoms with Gasteiger partial charge in [0, 0.05) is 50.4 Å². The molecule has 2 aromatic carbocycles. The molecule has 0 bridgehead atoms. The van der Waals surface area contributed by atoms with Crippen LogP contribution in [0.15, 0.2) is 41.2 Å². The van der Waals surface area contributed by atoms with Gasteiger partial charge < -0.3 is 19.4 Å². The van der Waals surface area contributed by atoms with Crippen LogP contribution in [0.5, 0.6) is 0 Å². The molecule has 1 saturated heterocycles. The van der Waals surface area contributed by atoms with Crippen LogP contribution in [0.1, 0.15) is 16.8 Å². The third kappa shape index (κ3) is 4.63. The van der Waals surface area contributed by atoms with Crippen LogP contribution in [0.2, 0.25) is 0 Å². The van der Waals surface area contributed by atoms with Gasteiger partial charge in [-0.1, -0.05) is 12.1 Å².